The van der Waals surface area contributed by atoms with Gasteiger partial charge in [0.05, 0.1) is 12.8 Å². The Morgan fingerprint density at radius 1 is 1.19 bits per heavy atom. The summed E-state index contributed by atoms with van der Waals surface area (Å²) >= 11 is 0. The van der Waals surface area contributed by atoms with Crippen LogP contribution in [0.15, 0.2) is 53.1 Å². The summed E-state index contributed by atoms with van der Waals surface area (Å²) in [6.45, 7) is 5.22. The SMILES string of the molecule is CCCC1CN(Cc2ccco2)C(c2ccccc2)CN1. The summed E-state index contributed by atoms with van der Waals surface area (Å²) in [6, 6.07) is 15.8. The van der Waals surface area contributed by atoms with Crippen molar-refractivity contribution in [1.29, 1.82) is 0 Å². The highest BCUT2D eigenvalue weighted by Crippen LogP contribution is 2.26. The van der Waals surface area contributed by atoms with E-state index in [9.17, 15) is 0 Å². The van der Waals surface area contributed by atoms with Crippen molar-refractivity contribution >= 4 is 0 Å². The Bertz CT molecular complexity index is 523. The minimum Gasteiger partial charge on any atom is -0.468 e. The molecule has 3 rings (SSSR count). The van der Waals surface area contributed by atoms with Crippen molar-refractivity contribution in [2.75, 3.05) is 13.1 Å². The summed E-state index contributed by atoms with van der Waals surface area (Å²) in [5.74, 6) is 1.05. The van der Waals surface area contributed by atoms with Crippen LogP contribution in [0.1, 0.15) is 37.1 Å². The molecule has 0 aliphatic carbocycles. The number of benzene rings is 1. The molecular formula is C18H24N2O. The van der Waals surface area contributed by atoms with E-state index < -0.39 is 0 Å². The molecule has 3 heteroatoms. The van der Waals surface area contributed by atoms with Crippen molar-refractivity contribution in [1.82, 2.24) is 10.2 Å². The van der Waals surface area contributed by atoms with Crippen molar-refractivity contribution in [2.45, 2.75) is 38.4 Å². The predicted molar refractivity (Wildman–Crippen MR) is 85.0 cm³/mol. The quantitative estimate of drug-likeness (QED) is 0.909. The number of hydrogen-bond acceptors (Lipinski definition) is 3. The number of furan rings is 1. The summed E-state index contributed by atoms with van der Waals surface area (Å²) in [4.78, 5) is 2.55. The average molecular weight is 284 g/mol. The Labute approximate surface area is 127 Å². The molecule has 1 aliphatic rings. The van der Waals surface area contributed by atoms with Gasteiger partial charge in [0.2, 0.25) is 0 Å². The van der Waals surface area contributed by atoms with Crippen LogP contribution in [-0.2, 0) is 6.54 Å². The molecule has 2 heterocycles. The van der Waals surface area contributed by atoms with Crippen LogP contribution in [0, 0.1) is 0 Å². The van der Waals surface area contributed by atoms with Crippen molar-refractivity contribution in [3.63, 3.8) is 0 Å². The van der Waals surface area contributed by atoms with Gasteiger partial charge in [0, 0.05) is 25.2 Å². The third kappa shape index (κ3) is 3.55. The molecule has 1 saturated heterocycles. The molecule has 1 fully saturated rings. The van der Waals surface area contributed by atoms with Gasteiger partial charge in [-0.2, -0.15) is 0 Å². The zero-order chi connectivity index (χ0) is 14.5. The summed E-state index contributed by atoms with van der Waals surface area (Å²) in [7, 11) is 0. The highest BCUT2D eigenvalue weighted by molar-refractivity contribution is 5.20. The monoisotopic (exact) mass is 284 g/mol. The maximum Gasteiger partial charge on any atom is 0.117 e. The van der Waals surface area contributed by atoms with E-state index in [-0.39, 0.29) is 0 Å². The van der Waals surface area contributed by atoms with Gasteiger partial charge in [-0.1, -0.05) is 43.7 Å². The fourth-order valence-corrected chi connectivity index (χ4v) is 3.21. The molecule has 1 aromatic heterocycles. The van der Waals surface area contributed by atoms with Crippen LogP contribution in [0.3, 0.4) is 0 Å². The lowest BCUT2D eigenvalue weighted by molar-refractivity contribution is 0.110. The van der Waals surface area contributed by atoms with Crippen LogP contribution in [0.5, 0.6) is 0 Å². The van der Waals surface area contributed by atoms with E-state index in [1.165, 1.54) is 18.4 Å². The minimum absolute atomic E-state index is 0.421. The first-order chi connectivity index (χ1) is 10.4. The molecule has 21 heavy (non-hydrogen) atoms. The fourth-order valence-electron chi connectivity index (χ4n) is 3.21. The zero-order valence-electron chi connectivity index (χ0n) is 12.7. The fraction of sp³-hybridized carbons (Fsp3) is 0.444. The Balaban J connectivity index is 1.77. The molecule has 3 nitrogen and oxygen atoms in total. The van der Waals surface area contributed by atoms with Crippen molar-refractivity contribution in [3.05, 3.63) is 60.1 Å². The van der Waals surface area contributed by atoms with Gasteiger partial charge in [-0.3, -0.25) is 4.90 Å². The normalized spacial score (nSPS) is 23.3. The topological polar surface area (TPSA) is 28.4 Å². The zero-order valence-corrected chi connectivity index (χ0v) is 12.7. The molecule has 0 radical (unpaired) electrons. The molecule has 0 spiro atoms. The van der Waals surface area contributed by atoms with Crippen molar-refractivity contribution in [2.24, 2.45) is 0 Å². The van der Waals surface area contributed by atoms with Crippen LogP contribution in [0.25, 0.3) is 0 Å². The molecule has 1 aromatic carbocycles. The molecule has 0 amide bonds. The molecule has 2 aromatic rings. The standard InChI is InChI=1S/C18H24N2O/c1-2-7-16-13-20(14-17-10-6-11-21-17)18(12-19-16)15-8-4-3-5-9-15/h3-6,8-11,16,18-19H,2,7,12-14H2,1H3. The Hall–Kier alpha value is -1.58. The van der Waals surface area contributed by atoms with Gasteiger partial charge in [0.15, 0.2) is 0 Å². The molecule has 2 unspecified atom stereocenters. The van der Waals surface area contributed by atoms with E-state index in [0.29, 0.717) is 12.1 Å². The molecule has 0 bridgehead atoms. The Morgan fingerprint density at radius 2 is 2.05 bits per heavy atom. The highest BCUT2D eigenvalue weighted by Gasteiger charge is 2.28. The molecular weight excluding hydrogens is 260 g/mol. The first-order valence-corrected chi connectivity index (χ1v) is 7.91. The third-order valence-electron chi connectivity index (χ3n) is 4.26. The lowest BCUT2D eigenvalue weighted by Crippen LogP contribution is -2.51. The predicted octanol–water partition coefficient (Wildman–Crippen LogP) is 3.59. The first-order valence-electron chi connectivity index (χ1n) is 7.91. The highest BCUT2D eigenvalue weighted by atomic mass is 16.3. The first kappa shape index (κ1) is 14.4. The maximum absolute atomic E-state index is 5.55. The van der Waals surface area contributed by atoms with Crippen LogP contribution in [0.2, 0.25) is 0 Å². The second-order valence-electron chi connectivity index (χ2n) is 5.83. The number of nitrogens with zero attached hydrogens (tertiary/aromatic N) is 1. The Kier molecular flexibility index (Phi) is 4.73. The maximum atomic E-state index is 5.55. The second kappa shape index (κ2) is 6.92. The Morgan fingerprint density at radius 3 is 2.76 bits per heavy atom. The largest absolute Gasteiger partial charge is 0.468 e. The van der Waals surface area contributed by atoms with Crippen LogP contribution in [0.4, 0.5) is 0 Å². The molecule has 1 N–H and O–H groups in total. The van der Waals surface area contributed by atoms with Gasteiger partial charge < -0.3 is 9.73 Å². The lowest BCUT2D eigenvalue weighted by Gasteiger charge is -2.40. The van der Waals surface area contributed by atoms with E-state index >= 15 is 0 Å². The molecule has 112 valence electrons. The van der Waals surface area contributed by atoms with Gasteiger partial charge in [0.25, 0.3) is 0 Å². The summed E-state index contributed by atoms with van der Waals surface area (Å²) < 4.78 is 5.55. The molecule has 1 aliphatic heterocycles. The van der Waals surface area contributed by atoms with Crippen LogP contribution >= 0.6 is 0 Å². The van der Waals surface area contributed by atoms with Crippen molar-refractivity contribution < 1.29 is 4.42 Å². The number of piperazine rings is 1. The summed E-state index contributed by atoms with van der Waals surface area (Å²) in [6.07, 6.45) is 4.22. The minimum atomic E-state index is 0.421. The summed E-state index contributed by atoms with van der Waals surface area (Å²) in [5, 5.41) is 3.71. The molecule has 2 atom stereocenters. The van der Waals surface area contributed by atoms with Crippen LogP contribution in [-0.4, -0.2) is 24.0 Å². The average Bonchev–Trinajstić information content (AvgIpc) is 3.02. The van der Waals surface area contributed by atoms with Gasteiger partial charge in [0.1, 0.15) is 5.76 Å². The van der Waals surface area contributed by atoms with Crippen LogP contribution < -0.4 is 5.32 Å². The number of hydrogen-bond donors (Lipinski definition) is 1. The van der Waals surface area contributed by atoms with E-state index in [2.05, 4.69) is 53.5 Å². The molecule has 0 saturated carbocycles. The van der Waals surface area contributed by atoms with E-state index in [4.69, 9.17) is 4.42 Å². The van der Waals surface area contributed by atoms with E-state index in [0.717, 1.165) is 25.4 Å². The lowest BCUT2D eigenvalue weighted by atomic mass is 9.99. The van der Waals surface area contributed by atoms with E-state index in [1.807, 2.05) is 6.07 Å². The van der Waals surface area contributed by atoms with Gasteiger partial charge >= 0.3 is 0 Å². The van der Waals surface area contributed by atoms with Gasteiger partial charge in [-0.15, -0.1) is 0 Å². The van der Waals surface area contributed by atoms with Gasteiger partial charge in [-0.25, -0.2) is 0 Å². The van der Waals surface area contributed by atoms with Crippen molar-refractivity contribution in [3.8, 4) is 0 Å². The third-order valence-corrected chi connectivity index (χ3v) is 4.26. The second-order valence-corrected chi connectivity index (χ2v) is 5.83. The number of nitrogens with one attached hydrogen (secondary N) is 1. The van der Waals surface area contributed by atoms with E-state index in [1.54, 1.807) is 6.26 Å². The number of rotatable bonds is 5. The summed E-state index contributed by atoms with van der Waals surface area (Å²) in [5.41, 5.74) is 1.38. The van der Waals surface area contributed by atoms with Gasteiger partial charge in [-0.05, 0) is 24.1 Å². The smallest absolute Gasteiger partial charge is 0.117 e.